The summed E-state index contributed by atoms with van der Waals surface area (Å²) in [5, 5.41) is 12.9. The summed E-state index contributed by atoms with van der Waals surface area (Å²) in [6.45, 7) is 0.834. The standard InChI is InChI=1S/C16H16N2O3/c19-14(10-18-16(20)13-3-1-2-7-17-13)11-4-5-15-12(9-11)6-8-21-15/h1-5,7,9,14,19H,6,8,10H2,(H,18,20)/t14-/m1/s1. The molecule has 0 aliphatic carbocycles. The summed E-state index contributed by atoms with van der Waals surface area (Å²) in [5.41, 5.74) is 2.22. The van der Waals surface area contributed by atoms with Gasteiger partial charge in [0, 0.05) is 19.2 Å². The smallest absolute Gasteiger partial charge is 0.269 e. The molecule has 0 unspecified atom stereocenters. The number of benzene rings is 1. The molecule has 3 rings (SSSR count). The van der Waals surface area contributed by atoms with Crippen LogP contribution in [-0.4, -0.2) is 29.1 Å². The largest absolute Gasteiger partial charge is 0.493 e. The second-order valence-corrected chi connectivity index (χ2v) is 4.91. The van der Waals surface area contributed by atoms with Crippen LogP contribution in [0.15, 0.2) is 42.6 Å². The molecule has 2 heterocycles. The molecule has 0 radical (unpaired) electrons. The third-order valence-electron chi connectivity index (χ3n) is 3.45. The molecule has 108 valence electrons. The van der Waals surface area contributed by atoms with Crippen LogP contribution in [0.1, 0.15) is 27.7 Å². The third kappa shape index (κ3) is 3.03. The van der Waals surface area contributed by atoms with Crippen LogP contribution < -0.4 is 10.1 Å². The normalized spacial score (nSPS) is 14.1. The summed E-state index contributed by atoms with van der Waals surface area (Å²) in [5.74, 6) is 0.586. The molecule has 0 spiro atoms. The second kappa shape index (κ2) is 5.93. The molecule has 1 aromatic carbocycles. The van der Waals surface area contributed by atoms with E-state index in [1.54, 1.807) is 24.4 Å². The highest BCUT2D eigenvalue weighted by Crippen LogP contribution is 2.27. The van der Waals surface area contributed by atoms with Gasteiger partial charge in [-0.05, 0) is 35.4 Å². The van der Waals surface area contributed by atoms with Gasteiger partial charge >= 0.3 is 0 Å². The molecule has 0 saturated carbocycles. The molecule has 5 heteroatoms. The molecule has 1 amide bonds. The quantitative estimate of drug-likeness (QED) is 0.892. The number of carbonyl (C=O) groups is 1. The van der Waals surface area contributed by atoms with E-state index in [1.807, 2.05) is 18.2 Å². The maximum Gasteiger partial charge on any atom is 0.269 e. The van der Waals surface area contributed by atoms with E-state index in [-0.39, 0.29) is 12.5 Å². The Morgan fingerprint density at radius 3 is 3.10 bits per heavy atom. The first kappa shape index (κ1) is 13.6. The number of nitrogens with one attached hydrogen (secondary N) is 1. The van der Waals surface area contributed by atoms with Gasteiger partial charge in [-0.2, -0.15) is 0 Å². The van der Waals surface area contributed by atoms with Gasteiger partial charge in [-0.25, -0.2) is 0 Å². The number of carbonyl (C=O) groups excluding carboxylic acids is 1. The highest BCUT2D eigenvalue weighted by molar-refractivity contribution is 5.92. The van der Waals surface area contributed by atoms with Gasteiger partial charge in [-0.3, -0.25) is 9.78 Å². The van der Waals surface area contributed by atoms with Crippen molar-refractivity contribution in [2.45, 2.75) is 12.5 Å². The Bertz CT molecular complexity index is 643. The van der Waals surface area contributed by atoms with E-state index >= 15 is 0 Å². The Hall–Kier alpha value is -2.40. The molecule has 0 bridgehead atoms. The number of aromatic nitrogens is 1. The van der Waals surface area contributed by atoms with Crippen molar-refractivity contribution in [1.29, 1.82) is 0 Å². The number of amides is 1. The van der Waals surface area contributed by atoms with E-state index in [2.05, 4.69) is 10.3 Å². The molecule has 1 atom stereocenters. The molecule has 1 aliphatic rings. The summed E-state index contributed by atoms with van der Waals surface area (Å²) in [6, 6.07) is 10.7. The van der Waals surface area contributed by atoms with Gasteiger partial charge in [0.25, 0.3) is 5.91 Å². The fraction of sp³-hybridized carbons (Fsp3) is 0.250. The van der Waals surface area contributed by atoms with Crippen molar-refractivity contribution in [3.8, 4) is 5.75 Å². The lowest BCUT2D eigenvalue weighted by atomic mass is 10.0. The van der Waals surface area contributed by atoms with Crippen molar-refractivity contribution in [1.82, 2.24) is 10.3 Å². The zero-order chi connectivity index (χ0) is 14.7. The second-order valence-electron chi connectivity index (χ2n) is 4.91. The van der Waals surface area contributed by atoms with Gasteiger partial charge in [0.05, 0.1) is 12.7 Å². The van der Waals surface area contributed by atoms with Crippen LogP contribution in [0.3, 0.4) is 0 Å². The van der Waals surface area contributed by atoms with Crippen LogP contribution in [0.4, 0.5) is 0 Å². The molecule has 21 heavy (non-hydrogen) atoms. The monoisotopic (exact) mass is 284 g/mol. The van der Waals surface area contributed by atoms with Crippen molar-refractivity contribution in [2.24, 2.45) is 0 Å². The van der Waals surface area contributed by atoms with Crippen LogP contribution >= 0.6 is 0 Å². The van der Waals surface area contributed by atoms with E-state index < -0.39 is 6.10 Å². The van der Waals surface area contributed by atoms with Crippen LogP contribution in [0, 0.1) is 0 Å². The SMILES string of the molecule is O=C(NC[C@@H](O)c1ccc2c(c1)CCO2)c1ccccn1. The fourth-order valence-electron chi connectivity index (χ4n) is 2.31. The zero-order valence-electron chi connectivity index (χ0n) is 11.5. The van der Waals surface area contributed by atoms with Gasteiger partial charge in [0.1, 0.15) is 11.4 Å². The molecule has 1 aliphatic heterocycles. The lowest BCUT2D eigenvalue weighted by Gasteiger charge is -2.13. The van der Waals surface area contributed by atoms with E-state index in [0.717, 1.165) is 23.3 Å². The Kier molecular flexibility index (Phi) is 3.83. The maximum atomic E-state index is 11.9. The first-order valence-corrected chi connectivity index (χ1v) is 6.87. The van der Waals surface area contributed by atoms with Crippen molar-refractivity contribution in [3.63, 3.8) is 0 Å². The van der Waals surface area contributed by atoms with Gasteiger partial charge < -0.3 is 15.2 Å². The number of hydrogen-bond donors (Lipinski definition) is 2. The maximum absolute atomic E-state index is 11.9. The Labute approximate surface area is 122 Å². The Morgan fingerprint density at radius 2 is 2.29 bits per heavy atom. The summed E-state index contributed by atoms with van der Waals surface area (Å²) in [4.78, 5) is 15.8. The molecule has 1 aromatic heterocycles. The van der Waals surface area contributed by atoms with Crippen LogP contribution in [-0.2, 0) is 6.42 Å². The summed E-state index contributed by atoms with van der Waals surface area (Å²) in [6.07, 6.45) is 1.67. The number of pyridine rings is 1. The number of aliphatic hydroxyl groups is 1. The molecule has 5 nitrogen and oxygen atoms in total. The minimum atomic E-state index is -0.747. The van der Waals surface area contributed by atoms with E-state index in [0.29, 0.717) is 12.3 Å². The predicted molar refractivity (Wildman–Crippen MR) is 77.2 cm³/mol. The van der Waals surface area contributed by atoms with E-state index in [1.165, 1.54) is 0 Å². The molecule has 2 aromatic rings. The lowest BCUT2D eigenvalue weighted by molar-refractivity contribution is 0.0911. The number of ether oxygens (including phenoxy) is 1. The van der Waals surface area contributed by atoms with Gasteiger partial charge in [0.2, 0.25) is 0 Å². The fourth-order valence-corrected chi connectivity index (χ4v) is 2.31. The highest BCUT2D eigenvalue weighted by atomic mass is 16.5. The average molecular weight is 284 g/mol. The van der Waals surface area contributed by atoms with E-state index in [4.69, 9.17) is 4.74 Å². The summed E-state index contributed by atoms with van der Waals surface area (Å²) >= 11 is 0. The van der Waals surface area contributed by atoms with Gasteiger partial charge in [-0.15, -0.1) is 0 Å². The van der Waals surface area contributed by atoms with Gasteiger partial charge in [0.15, 0.2) is 0 Å². The van der Waals surface area contributed by atoms with Crippen molar-refractivity contribution in [2.75, 3.05) is 13.2 Å². The first-order valence-electron chi connectivity index (χ1n) is 6.87. The molecular formula is C16H16N2O3. The summed E-state index contributed by atoms with van der Waals surface area (Å²) < 4.78 is 5.43. The molecule has 0 fully saturated rings. The zero-order valence-corrected chi connectivity index (χ0v) is 11.5. The predicted octanol–water partition coefficient (Wildman–Crippen LogP) is 1.48. The molecular weight excluding hydrogens is 268 g/mol. The van der Waals surface area contributed by atoms with Gasteiger partial charge in [-0.1, -0.05) is 12.1 Å². The highest BCUT2D eigenvalue weighted by Gasteiger charge is 2.16. The average Bonchev–Trinajstić information content (AvgIpc) is 3.00. The Balaban J connectivity index is 1.62. The number of nitrogens with zero attached hydrogens (tertiary/aromatic N) is 1. The number of fused-ring (bicyclic) bond motifs is 1. The summed E-state index contributed by atoms with van der Waals surface area (Å²) in [7, 11) is 0. The number of aliphatic hydroxyl groups excluding tert-OH is 1. The number of rotatable bonds is 4. The Morgan fingerprint density at radius 1 is 1.38 bits per heavy atom. The lowest BCUT2D eigenvalue weighted by Crippen LogP contribution is -2.29. The van der Waals surface area contributed by atoms with E-state index in [9.17, 15) is 9.90 Å². The molecule has 2 N–H and O–H groups in total. The topological polar surface area (TPSA) is 71.5 Å². The van der Waals surface area contributed by atoms with Crippen LogP contribution in [0.5, 0.6) is 5.75 Å². The third-order valence-corrected chi connectivity index (χ3v) is 3.45. The molecule has 0 saturated heterocycles. The van der Waals surface area contributed by atoms with Crippen molar-refractivity contribution in [3.05, 3.63) is 59.4 Å². The van der Waals surface area contributed by atoms with Crippen LogP contribution in [0.2, 0.25) is 0 Å². The minimum absolute atomic E-state index is 0.148. The first-order chi connectivity index (χ1) is 10.2. The number of hydrogen-bond acceptors (Lipinski definition) is 4. The van der Waals surface area contributed by atoms with Crippen LogP contribution in [0.25, 0.3) is 0 Å². The van der Waals surface area contributed by atoms with Crippen molar-refractivity contribution < 1.29 is 14.6 Å². The van der Waals surface area contributed by atoms with Crippen molar-refractivity contribution >= 4 is 5.91 Å². The minimum Gasteiger partial charge on any atom is -0.493 e.